The highest BCUT2D eigenvalue weighted by Crippen LogP contribution is 2.37. The summed E-state index contributed by atoms with van der Waals surface area (Å²) in [4.78, 5) is 26.6. The van der Waals surface area contributed by atoms with E-state index in [1.807, 2.05) is 30.3 Å². The first kappa shape index (κ1) is 22.8. The molecule has 0 saturated carbocycles. The Balaban J connectivity index is 1.74. The molecule has 8 heteroatoms. The molecule has 0 radical (unpaired) electrons. The van der Waals surface area contributed by atoms with Crippen LogP contribution in [0.15, 0.2) is 54.6 Å². The summed E-state index contributed by atoms with van der Waals surface area (Å²) in [5.41, 5.74) is -1.04. The first-order valence-corrected chi connectivity index (χ1v) is 9.96. The van der Waals surface area contributed by atoms with Crippen LogP contribution in [-0.4, -0.2) is 40.6 Å². The average Bonchev–Trinajstić information content (AvgIpc) is 3.06. The van der Waals surface area contributed by atoms with Gasteiger partial charge in [-0.15, -0.1) is 0 Å². The van der Waals surface area contributed by atoms with Crippen LogP contribution < -0.4 is 0 Å². The average molecular weight is 435 g/mol. The summed E-state index contributed by atoms with van der Waals surface area (Å²) in [5, 5.41) is 10.0. The lowest BCUT2D eigenvalue weighted by molar-refractivity contribution is -0.164. The monoisotopic (exact) mass is 435 g/mol. The van der Waals surface area contributed by atoms with Crippen molar-refractivity contribution in [3.63, 3.8) is 0 Å². The summed E-state index contributed by atoms with van der Waals surface area (Å²) in [6, 6.07) is 13.6. The Hall–Kier alpha value is -2.87. The number of hydrogen-bond acceptors (Lipinski definition) is 3. The van der Waals surface area contributed by atoms with Gasteiger partial charge in [0.25, 0.3) is 0 Å². The number of halogens is 3. The van der Waals surface area contributed by atoms with Gasteiger partial charge in [0, 0.05) is 6.54 Å². The molecule has 1 saturated heterocycles. The van der Waals surface area contributed by atoms with Gasteiger partial charge in [-0.2, -0.15) is 13.2 Å². The molecule has 2 aromatic carbocycles. The second-order valence-electron chi connectivity index (χ2n) is 7.81. The van der Waals surface area contributed by atoms with Gasteiger partial charge in [-0.05, 0) is 35.6 Å². The molecule has 1 N–H and O–H groups in total. The summed E-state index contributed by atoms with van der Waals surface area (Å²) < 4.78 is 44.0. The van der Waals surface area contributed by atoms with Gasteiger partial charge in [0.1, 0.15) is 0 Å². The quantitative estimate of drug-likeness (QED) is 0.710. The van der Waals surface area contributed by atoms with Crippen molar-refractivity contribution < 1.29 is 32.6 Å². The van der Waals surface area contributed by atoms with Gasteiger partial charge < -0.3 is 14.7 Å². The van der Waals surface area contributed by atoms with Crippen LogP contribution in [-0.2, 0) is 33.5 Å². The van der Waals surface area contributed by atoms with Crippen LogP contribution in [0, 0.1) is 5.92 Å². The fourth-order valence-electron chi connectivity index (χ4n) is 3.96. The molecule has 31 heavy (non-hydrogen) atoms. The summed E-state index contributed by atoms with van der Waals surface area (Å²) in [6.45, 7) is 2.06. The smallest absolute Gasteiger partial charge is 0.416 e. The maximum atomic E-state index is 13.0. The van der Waals surface area contributed by atoms with E-state index in [1.165, 1.54) is 17.0 Å². The molecule has 1 heterocycles. The number of amides is 1. The third kappa shape index (κ3) is 4.90. The van der Waals surface area contributed by atoms with Crippen molar-refractivity contribution in [2.24, 2.45) is 5.92 Å². The molecule has 0 spiro atoms. The molecule has 0 aromatic heterocycles. The number of carboxylic acid groups (broad SMARTS) is 1. The lowest BCUT2D eigenvalue weighted by Crippen LogP contribution is -2.59. The van der Waals surface area contributed by atoms with E-state index in [0.717, 1.165) is 17.7 Å². The van der Waals surface area contributed by atoms with Crippen LogP contribution in [0.4, 0.5) is 13.2 Å². The summed E-state index contributed by atoms with van der Waals surface area (Å²) in [7, 11) is 0. The summed E-state index contributed by atoms with van der Waals surface area (Å²) in [5.74, 6) is -1.93. The topological polar surface area (TPSA) is 66.8 Å². The molecular formula is C23H24F3NO4. The van der Waals surface area contributed by atoms with Crippen molar-refractivity contribution in [1.82, 2.24) is 4.90 Å². The minimum atomic E-state index is -4.46. The van der Waals surface area contributed by atoms with Crippen LogP contribution in [0.1, 0.15) is 30.0 Å². The fraction of sp³-hybridized carbons (Fsp3) is 0.391. The Morgan fingerprint density at radius 1 is 1.10 bits per heavy atom. The summed E-state index contributed by atoms with van der Waals surface area (Å²) in [6.07, 6.45) is -4.14. The van der Waals surface area contributed by atoms with Gasteiger partial charge in [-0.1, -0.05) is 49.4 Å². The zero-order chi connectivity index (χ0) is 22.6. The largest absolute Gasteiger partial charge is 0.479 e. The lowest BCUT2D eigenvalue weighted by Gasteiger charge is -2.37. The standard InChI is InChI=1S/C23H24F3NO4/c1-16-11-12-27(20(28)13-17-7-9-19(10-8-17)23(24,25)26)22(16,21(29)30)15-31-14-18-5-3-2-4-6-18/h2-10,16H,11-15H2,1H3,(H,29,30). The zero-order valence-corrected chi connectivity index (χ0v) is 17.1. The van der Waals surface area contributed by atoms with Gasteiger partial charge in [0.15, 0.2) is 5.54 Å². The lowest BCUT2D eigenvalue weighted by atomic mass is 9.86. The van der Waals surface area contributed by atoms with E-state index in [-0.39, 0.29) is 32.1 Å². The van der Waals surface area contributed by atoms with Gasteiger partial charge in [0.2, 0.25) is 5.91 Å². The third-order valence-electron chi connectivity index (χ3n) is 5.82. The predicted octanol–water partition coefficient (Wildman–Crippen LogP) is 4.16. The SMILES string of the molecule is CC1CCN(C(=O)Cc2ccc(C(F)(F)F)cc2)C1(COCc1ccccc1)C(=O)O. The number of alkyl halides is 3. The van der Waals surface area contributed by atoms with Crippen molar-refractivity contribution >= 4 is 11.9 Å². The maximum absolute atomic E-state index is 13.0. The van der Waals surface area contributed by atoms with Gasteiger partial charge in [-0.3, -0.25) is 4.79 Å². The van der Waals surface area contributed by atoms with E-state index in [0.29, 0.717) is 12.0 Å². The number of ether oxygens (including phenoxy) is 1. The Bertz CT molecular complexity index is 915. The second kappa shape index (κ2) is 9.09. The van der Waals surface area contributed by atoms with Crippen LogP contribution in [0.3, 0.4) is 0 Å². The van der Waals surface area contributed by atoms with Crippen molar-refractivity contribution in [1.29, 1.82) is 0 Å². The van der Waals surface area contributed by atoms with Crippen molar-refractivity contribution in [2.75, 3.05) is 13.2 Å². The fourth-order valence-corrected chi connectivity index (χ4v) is 3.96. The second-order valence-corrected chi connectivity index (χ2v) is 7.81. The maximum Gasteiger partial charge on any atom is 0.416 e. The van der Waals surface area contributed by atoms with E-state index >= 15 is 0 Å². The van der Waals surface area contributed by atoms with Crippen molar-refractivity contribution in [3.05, 3.63) is 71.3 Å². The first-order valence-electron chi connectivity index (χ1n) is 9.96. The summed E-state index contributed by atoms with van der Waals surface area (Å²) >= 11 is 0. The van der Waals surface area contributed by atoms with E-state index in [9.17, 15) is 27.9 Å². The molecule has 1 fully saturated rings. The molecule has 2 atom stereocenters. The predicted molar refractivity (Wildman–Crippen MR) is 107 cm³/mol. The van der Waals surface area contributed by atoms with Crippen LogP contribution in [0.25, 0.3) is 0 Å². The Morgan fingerprint density at radius 3 is 2.32 bits per heavy atom. The molecule has 1 aliphatic heterocycles. The molecule has 0 aliphatic carbocycles. The van der Waals surface area contributed by atoms with E-state index in [2.05, 4.69) is 0 Å². The number of rotatable bonds is 7. The Labute approximate surface area is 178 Å². The Morgan fingerprint density at radius 2 is 1.74 bits per heavy atom. The number of nitrogens with zero attached hydrogens (tertiary/aromatic N) is 1. The highest BCUT2D eigenvalue weighted by atomic mass is 19.4. The number of carboxylic acids is 1. The molecule has 0 bridgehead atoms. The van der Waals surface area contributed by atoms with E-state index in [4.69, 9.17) is 4.74 Å². The molecule has 5 nitrogen and oxygen atoms in total. The Kier molecular flexibility index (Phi) is 6.69. The number of hydrogen-bond donors (Lipinski definition) is 1. The minimum Gasteiger partial charge on any atom is -0.479 e. The number of aliphatic carboxylic acids is 1. The third-order valence-corrected chi connectivity index (χ3v) is 5.82. The van der Waals surface area contributed by atoms with Gasteiger partial charge >= 0.3 is 12.1 Å². The van der Waals surface area contributed by atoms with E-state index in [1.54, 1.807) is 6.92 Å². The van der Waals surface area contributed by atoms with Crippen molar-refractivity contribution in [3.8, 4) is 0 Å². The molecule has 1 aliphatic rings. The normalized spacial score (nSPS) is 21.3. The van der Waals surface area contributed by atoms with Crippen LogP contribution in [0.2, 0.25) is 0 Å². The van der Waals surface area contributed by atoms with Gasteiger partial charge in [-0.25, -0.2) is 4.79 Å². The molecule has 2 unspecified atom stereocenters. The molecule has 1 amide bonds. The highest BCUT2D eigenvalue weighted by Gasteiger charge is 2.55. The van der Waals surface area contributed by atoms with Gasteiger partial charge in [0.05, 0.1) is 25.2 Å². The zero-order valence-electron chi connectivity index (χ0n) is 17.1. The number of carbonyl (C=O) groups excluding carboxylic acids is 1. The molecule has 166 valence electrons. The minimum absolute atomic E-state index is 0.169. The number of likely N-dealkylation sites (tertiary alicyclic amines) is 1. The first-order chi connectivity index (χ1) is 14.6. The number of carbonyl (C=O) groups is 2. The van der Waals surface area contributed by atoms with E-state index < -0.39 is 29.2 Å². The molecule has 3 rings (SSSR count). The number of benzene rings is 2. The van der Waals surface area contributed by atoms with Crippen molar-refractivity contribution in [2.45, 2.75) is 38.1 Å². The molecule has 2 aromatic rings. The van der Waals surface area contributed by atoms with Crippen LogP contribution >= 0.6 is 0 Å². The van der Waals surface area contributed by atoms with Crippen LogP contribution in [0.5, 0.6) is 0 Å². The highest BCUT2D eigenvalue weighted by molar-refractivity contribution is 5.89. The molecular weight excluding hydrogens is 411 g/mol.